The number of nitrogens with zero attached hydrogens (tertiary/aromatic N) is 1. The zero-order valence-electron chi connectivity index (χ0n) is 10.7. The maximum atomic E-state index is 5.67. The highest BCUT2D eigenvalue weighted by molar-refractivity contribution is 9.10. The van der Waals surface area contributed by atoms with Gasteiger partial charge in [0.05, 0.1) is 17.6 Å². The minimum Gasteiger partial charge on any atom is -0.493 e. The first-order valence-corrected chi connectivity index (χ1v) is 8.05. The molecular weight excluding hydrogens is 336 g/mol. The molecule has 0 saturated carbocycles. The average molecular weight is 349 g/mol. The number of rotatable bonds is 5. The Bertz CT molecular complexity index is 663. The van der Waals surface area contributed by atoms with Crippen molar-refractivity contribution in [1.29, 1.82) is 0 Å². The number of aromatic nitrogens is 2. The quantitative estimate of drug-likeness (QED) is 0.545. The van der Waals surface area contributed by atoms with E-state index >= 15 is 0 Å². The number of thioether (sulfide) groups is 1. The zero-order valence-corrected chi connectivity index (χ0v) is 13.1. The lowest BCUT2D eigenvalue weighted by atomic mass is 10.3. The SMILES string of the molecule is Brc1ccc(OCCSc2nc3ccccc3[nH]2)cc1. The molecule has 0 bridgehead atoms. The summed E-state index contributed by atoms with van der Waals surface area (Å²) < 4.78 is 6.73. The zero-order chi connectivity index (χ0) is 13.8. The number of hydrogen-bond acceptors (Lipinski definition) is 3. The summed E-state index contributed by atoms with van der Waals surface area (Å²) in [6.07, 6.45) is 0. The number of hydrogen-bond donors (Lipinski definition) is 1. The molecule has 0 aliphatic rings. The molecule has 0 amide bonds. The lowest BCUT2D eigenvalue weighted by Crippen LogP contribution is -2.00. The van der Waals surface area contributed by atoms with E-state index in [2.05, 4.69) is 25.9 Å². The van der Waals surface area contributed by atoms with Crippen LogP contribution in [-0.4, -0.2) is 22.3 Å². The molecule has 5 heteroatoms. The molecule has 1 heterocycles. The van der Waals surface area contributed by atoms with E-state index in [0.717, 1.165) is 32.2 Å². The van der Waals surface area contributed by atoms with E-state index in [1.165, 1.54) is 0 Å². The van der Waals surface area contributed by atoms with Gasteiger partial charge in [-0.2, -0.15) is 0 Å². The number of H-pyrrole nitrogens is 1. The second-order valence-corrected chi connectivity index (χ2v) is 6.21. The Labute approximate surface area is 129 Å². The van der Waals surface area contributed by atoms with Gasteiger partial charge in [-0.15, -0.1) is 0 Å². The highest BCUT2D eigenvalue weighted by atomic mass is 79.9. The fourth-order valence-corrected chi connectivity index (χ4v) is 2.80. The first kappa shape index (κ1) is 13.5. The molecule has 20 heavy (non-hydrogen) atoms. The third-order valence-corrected chi connectivity index (χ3v) is 4.14. The van der Waals surface area contributed by atoms with Gasteiger partial charge >= 0.3 is 0 Å². The van der Waals surface area contributed by atoms with Crippen LogP contribution in [0.2, 0.25) is 0 Å². The van der Waals surface area contributed by atoms with Gasteiger partial charge in [-0.25, -0.2) is 4.98 Å². The summed E-state index contributed by atoms with van der Waals surface area (Å²) in [6, 6.07) is 15.9. The largest absolute Gasteiger partial charge is 0.493 e. The van der Waals surface area contributed by atoms with Crippen LogP contribution in [0.3, 0.4) is 0 Å². The van der Waals surface area contributed by atoms with E-state index in [4.69, 9.17) is 4.74 Å². The van der Waals surface area contributed by atoms with E-state index in [-0.39, 0.29) is 0 Å². The van der Waals surface area contributed by atoms with Gasteiger partial charge in [-0.3, -0.25) is 0 Å². The van der Waals surface area contributed by atoms with Crippen LogP contribution in [0.1, 0.15) is 0 Å². The molecule has 0 saturated heterocycles. The predicted octanol–water partition coefficient (Wildman–Crippen LogP) is 4.50. The lowest BCUT2D eigenvalue weighted by molar-refractivity contribution is 0.344. The molecule has 0 atom stereocenters. The van der Waals surface area contributed by atoms with Gasteiger partial charge in [0.15, 0.2) is 5.16 Å². The molecule has 0 radical (unpaired) electrons. The minimum absolute atomic E-state index is 0.656. The van der Waals surface area contributed by atoms with Crippen LogP contribution in [0.5, 0.6) is 5.75 Å². The molecule has 2 aromatic carbocycles. The van der Waals surface area contributed by atoms with Crippen LogP contribution in [0.15, 0.2) is 58.2 Å². The monoisotopic (exact) mass is 348 g/mol. The fourth-order valence-electron chi connectivity index (χ4n) is 1.83. The van der Waals surface area contributed by atoms with Crippen molar-refractivity contribution in [2.24, 2.45) is 0 Å². The Morgan fingerprint density at radius 3 is 2.70 bits per heavy atom. The number of nitrogens with one attached hydrogen (secondary N) is 1. The van der Waals surface area contributed by atoms with Crippen molar-refractivity contribution in [3.8, 4) is 5.75 Å². The number of ether oxygens (including phenoxy) is 1. The summed E-state index contributed by atoms with van der Waals surface area (Å²) in [5.41, 5.74) is 2.08. The van der Waals surface area contributed by atoms with Crippen LogP contribution >= 0.6 is 27.7 Å². The van der Waals surface area contributed by atoms with Crippen molar-refractivity contribution in [3.63, 3.8) is 0 Å². The third-order valence-electron chi connectivity index (χ3n) is 2.77. The number of aromatic amines is 1. The van der Waals surface area contributed by atoms with Crippen molar-refractivity contribution in [1.82, 2.24) is 9.97 Å². The molecule has 0 unspecified atom stereocenters. The van der Waals surface area contributed by atoms with E-state index in [1.807, 2.05) is 48.5 Å². The Balaban J connectivity index is 1.51. The number of para-hydroxylation sites is 2. The topological polar surface area (TPSA) is 37.9 Å². The van der Waals surface area contributed by atoms with Crippen molar-refractivity contribution in [2.75, 3.05) is 12.4 Å². The maximum Gasteiger partial charge on any atom is 0.166 e. The fraction of sp³-hybridized carbons (Fsp3) is 0.133. The average Bonchev–Trinajstić information content (AvgIpc) is 2.88. The van der Waals surface area contributed by atoms with Gasteiger partial charge in [-0.05, 0) is 36.4 Å². The number of halogens is 1. The standard InChI is InChI=1S/C15H13BrN2OS/c16-11-5-7-12(8-6-11)19-9-10-20-15-17-13-3-1-2-4-14(13)18-15/h1-8H,9-10H2,(H,17,18). The van der Waals surface area contributed by atoms with Gasteiger partial charge in [0.2, 0.25) is 0 Å². The van der Waals surface area contributed by atoms with Gasteiger partial charge in [0.25, 0.3) is 0 Å². The smallest absolute Gasteiger partial charge is 0.166 e. The van der Waals surface area contributed by atoms with E-state index in [1.54, 1.807) is 11.8 Å². The lowest BCUT2D eigenvalue weighted by Gasteiger charge is -2.04. The Morgan fingerprint density at radius 1 is 1.10 bits per heavy atom. The first-order valence-electron chi connectivity index (χ1n) is 6.27. The van der Waals surface area contributed by atoms with Crippen molar-refractivity contribution in [3.05, 3.63) is 53.0 Å². The summed E-state index contributed by atoms with van der Waals surface area (Å²) in [6.45, 7) is 0.656. The van der Waals surface area contributed by atoms with Crippen LogP contribution in [0.25, 0.3) is 11.0 Å². The maximum absolute atomic E-state index is 5.67. The van der Waals surface area contributed by atoms with Crippen LogP contribution < -0.4 is 4.74 Å². The number of fused-ring (bicyclic) bond motifs is 1. The number of imidazole rings is 1. The molecule has 0 fully saturated rings. The third kappa shape index (κ3) is 3.35. The summed E-state index contributed by atoms with van der Waals surface area (Å²) in [5.74, 6) is 1.74. The molecule has 102 valence electrons. The molecule has 3 rings (SSSR count). The predicted molar refractivity (Wildman–Crippen MR) is 86.5 cm³/mol. The Hall–Kier alpha value is -1.46. The van der Waals surface area contributed by atoms with E-state index in [0.29, 0.717) is 6.61 Å². The second kappa shape index (κ2) is 6.33. The molecule has 1 N–H and O–H groups in total. The Morgan fingerprint density at radius 2 is 1.90 bits per heavy atom. The summed E-state index contributed by atoms with van der Waals surface area (Å²) >= 11 is 5.07. The first-order chi connectivity index (χ1) is 9.81. The summed E-state index contributed by atoms with van der Waals surface area (Å²) in [5, 5.41) is 0.936. The van der Waals surface area contributed by atoms with Gasteiger partial charge < -0.3 is 9.72 Å². The molecule has 0 spiro atoms. The van der Waals surface area contributed by atoms with Crippen LogP contribution in [0.4, 0.5) is 0 Å². The molecule has 0 aliphatic carbocycles. The molecular formula is C15H13BrN2OS. The molecule has 3 nitrogen and oxygen atoms in total. The van der Waals surface area contributed by atoms with Crippen LogP contribution in [0, 0.1) is 0 Å². The van der Waals surface area contributed by atoms with Crippen molar-refractivity contribution in [2.45, 2.75) is 5.16 Å². The Kier molecular flexibility index (Phi) is 4.28. The number of benzene rings is 2. The normalized spacial score (nSPS) is 10.8. The molecule has 0 aliphatic heterocycles. The summed E-state index contributed by atoms with van der Waals surface area (Å²) in [4.78, 5) is 7.81. The molecule has 1 aromatic heterocycles. The van der Waals surface area contributed by atoms with Gasteiger partial charge in [-0.1, -0.05) is 39.8 Å². The van der Waals surface area contributed by atoms with Crippen molar-refractivity contribution < 1.29 is 4.74 Å². The highest BCUT2D eigenvalue weighted by Crippen LogP contribution is 2.20. The molecule has 3 aromatic rings. The summed E-state index contributed by atoms with van der Waals surface area (Å²) in [7, 11) is 0. The van der Waals surface area contributed by atoms with Crippen LogP contribution in [-0.2, 0) is 0 Å². The van der Waals surface area contributed by atoms with Gasteiger partial charge in [0, 0.05) is 10.2 Å². The second-order valence-electron chi connectivity index (χ2n) is 4.21. The van der Waals surface area contributed by atoms with E-state index < -0.39 is 0 Å². The minimum atomic E-state index is 0.656. The highest BCUT2D eigenvalue weighted by Gasteiger charge is 2.02. The van der Waals surface area contributed by atoms with Crippen molar-refractivity contribution >= 4 is 38.7 Å². The van der Waals surface area contributed by atoms with E-state index in [9.17, 15) is 0 Å². The van der Waals surface area contributed by atoms with Gasteiger partial charge in [0.1, 0.15) is 5.75 Å².